The molecule has 1 aliphatic rings. The molecule has 0 saturated heterocycles. The van der Waals surface area contributed by atoms with Gasteiger partial charge in [0.2, 0.25) is 0 Å². The topological polar surface area (TPSA) is 97.9 Å². The summed E-state index contributed by atoms with van der Waals surface area (Å²) < 4.78 is 3.53. The average molecular weight is 404 g/mol. The predicted molar refractivity (Wildman–Crippen MR) is 116 cm³/mol. The highest BCUT2D eigenvalue weighted by Crippen LogP contribution is 2.35. The number of aryl methyl sites for hydroxylation is 2. The second-order valence-corrected chi connectivity index (χ2v) is 8.11. The molecule has 2 atom stereocenters. The van der Waals surface area contributed by atoms with Crippen LogP contribution in [0.4, 0.5) is 0 Å². The number of phenols is 1. The molecule has 5 rings (SSSR count). The van der Waals surface area contributed by atoms with Crippen LogP contribution in [-0.2, 0) is 7.05 Å². The molecular formula is C22H24N6O2. The van der Waals surface area contributed by atoms with Crippen LogP contribution < -0.4 is 10.9 Å². The van der Waals surface area contributed by atoms with Gasteiger partial charge in [-0.15, -0.1) is 0 Å². The van der Waals surface area contributed by atoms with Gasteiger partial charge < -0.3 is 15.0 Å². The van der Waals surface area contributed by atoms with Crippen LogP contribution in [0.5, 0.6) is 5.75 Å². The van der Waals surface area contributed by atoms with Crippen LogP contribution in [0.2, 0.25) is 0 Å². The fourth-order valence-electron chi connectivity index (χ4n) is 4.55. The van der Waals surface area contributed by atoms with Crippen LogP contribution in [0.1, 0.15) is 30.9 Å². The SMILES string of the molecule is CN[C@H]1CC[C@@H](n2ccc3nc(-c4cc5cn(C)nc5c(C)c4O)ncc3c2=O)C1. The number of hydrogen-bond donors (Lipinski definition) is 2. The lowest BCUT2D eigenvalue weighted by Crippen LogP contribution is -2.26. The Balaban J connectivity index is 1.60. The van der Waals surface area contributed by atoms with E-state index in [9.17, 15) is 9.90 Å². The maximum Gasteiger partial charge on any atom is 0.261 e. The van der Waals surface area contributed by atoms with E-state index in [0.717, 1.165) is 30.2 Å². The lowest BCUT2D eigenvalue weighted by Gasteiger charge is -2.15. The van der Waals surface area contributed by atoms with Crippen LogP contribution in [0, 0.1) is 6.92 Å². The summed E-state index contributed by atoms with van der Waals surface area (Å²) >= 11 is 0. The molecular weight excluding hydrogens is 380 g/mol. The van der Waals surface area contributed by atoms with Crippen LogP contribution in [0.15, 0.2) is 35.5 Å². The van der Waals surface area contributed by atoms with E-state index >= 15 is 0 Å². The van der Waals surface area contributed by atoms with Gasteiger partial charge in [0.05, 0.1) is 22.0 Å². The minimum absolute atomic E-state index is 0.0658. The van der Waals surface area contributed by atoms with Crippen LogP contribution in [0.25, 0.3) is 33.2 Å². The van der Waals surface area contributed by atoms with Crippen molar-refractivity contribution in [3.8, 4) is 17.1 Å². The highest BCUT2D eigenvalue weighted by atomic mass is 16.3. The number of fused-ring (bicyclic) bond motifs is 2. The Morgan fingerprint density at radius 1 is 1.30 bits per heavy atom. The van der Waals surface area contributed by atoms with Gasteiger partial charge in [0.1, 0.15) is 5.75 Å². The fraction of sp³-hybridized carbons (Fsp3) is 0.364. The summed E-state index contributed by atoms with van der Waals surface area (Å²) in [5.41, 5.74) is 2.48. The highest BCUT2D eigenvalue weighted by Gasteiger charge is 2.26. The van der Waals surface area contributed by atoms with Gasteiger partial charge in [-0.1, -0.05) is 0 Å². The first-order valence-electron chi connectivity index (χ1n) is 10.2. The summed E-state index contributed by atoms with van der Waals surface area (Å²) in [6.07, 6.45) is 8.29. The van der Waals surface area contributed by atoms with Crippen molar-refractivity contribution >= 4 is 21.8 Å². The Bertz CT molecular complexity index is 1340. The van der Waals surface area contributed by atoms with E-state index in [0.29, 0.717) is 33.9 Å². The zero-order valence-electron chi connectivity index (χ0n) is 17.3. The van der Waals surface area contributed by atoms with Crippen LogP contribution in [-0.4, -0.2) is 42.5 Å². The summed E-state index contributed by atoms with van der Waals surface area (Å²) in [6.45, 7) is 1.83. The summed E-state index contributed by atoms with van der Waals surface area (Å²) in [5.74, 6) is 0.500. The largest absolute Gasteiger partial charge is 0.507 e. The molecule has 1 saturated carbocycles. The molecule has 0 spiro atoms. The Morgan fingerprint density at radius 3 is 2.90 bits per heavy atom. The van der Waals surface area contributed by atoms with E-state index in [2.05, 4.69) is 20.4 Å². The number of benzene rings is 1. The molecule has 1 aliphatic carbocycles. The molecule has 0 bridgehead atoms. The highest BCUT2D eigenvalue weighted by molar-refractivity contribution is 5.90. The molecule has 0 amide bonds. The third kappa shape index (κ3) is 2.87. The molecule has 1 aromatic carbocycles. The summed E-state index contributed by atoms with van der Waals surface area (Å²) in [7, 11) is 3.81. The average Bonchev–Trinajstić information content (AvgIpc) is 3.37. The number of pyridine rings is 1. The van der Waals surface area contributed by atoms with Gasteiger partial charge in [0, 0.05) is 48.7 Å². The van der Waals surface area contributed by atoms with E-state index in [1.54, 1.807) is 10.9 Å². The van der Waals surface area contributed by atoms with Crippen molar-refractivity contribution in [3.63, 3.8) is 0 Å². The number of aromatic nitrogens is 5. The Morgan fingerprint density at radius 2 is 2.13 bits per heavy atom. The number of rotatable bonds is 3. The number of aromatic hydroxyl groups is 1. The van der Waals surface area contributed by atoms with E-state index in [-0.39, 0.29) is 17.4 Å². The second kappa shape index (κ2) is 6.91. The summed E-state index contributed by atoms with van der Waals surface area (Å²) in [6, 6.07) is 4.34. The van der Waals surface area contributed by atoms with Gasteiger partial charge in [0.15, 0.2) is 5.82 Å². The van der Waals surface area contributed by atoms with Gasteiger partial charge in [-0.2, -0.15) is 5.10 Å². The molecule has 30 heavy (non-hydrogen) atoms. The molecule has 0 unspecified atom stereocenters. The van der Waals surface area contributed by atoms with Gasteiger partial charge in [0.25, 0.3) is 5.56 Å². The zero-order chi connectivity index (χ0) is 21.0. The van der Waals surface area contributed by atoms with Crippen molar-refractivity contribution in [1.29, 1.82) is 0 Å². The van der Waals surface area contributed by atoms with Gasteiger partial charge in [-0.05, 0) is 45.4 Å². The first-order valence-corrected chi connectivity index (χ1v) is 10.2. The maximum atomic E-state index is 13.1. The maximum absolute atomic E-state index is 13.1. The summed E-state index contributed by atoms with van der Waals surface area (Å²) in [4.78, 5) is 22.1. The van der Waals surface area contributed by atoms with Crippen molar-refractivity contribution in [1.82, 2.24) is 29.6 Å². The number of nitrogens with one attached hydrogen (secondary N) is 1. The van der Waals surface area contributed by atoms with Crippen LogP contribution >= 0.6 is 0 Å². The first kappa shape index (κ1) is 18.7. The number of nitrogens with zero attached hydrogens (tertiary/aromatic N) is 5. The lowest BCUT2D eigenvalue weighted by molar-refractivity contribution is 0.473. The molecule has 8 heteroatoms. The number of hydrogen-bond acceptors (Lipinski definition) is 6. The predicted octanol–water partition coefficient (Wildman–Crippen LogP) is 2.67. The molecule has 0 aliphatic heterocycles. The molecule has 3 heterocycles. The molecule has 2 N–H and O–H groups in total. The van der Waals surface area contributed by atoms with Crippen molar-refractivity contribution in [2.75, 3.05) is 7.05 Å². The Labute approximate surface area is 173 Å². The Hall–Kier alpha value is -3.26. The minimum Gasteiger partial charge on any atom is -0.507 e. The minimum atomic E-state index is -0.0658. The van der Waals surface area contributed by atoms with Gasteiger partial charge in [-0.25, -0.2) is 9.97 Å². The smallest absolute Gasteiger partial charge is 0.261 e. The van der Waals surface area contributed by atoms with E-state index in [1.165, 1.54) is 0 Å². The molecule has 3 aromatic heterocycles. The molecule has 0 radical (unpaired) electrons. The molecule has 4 aromatic rings. The monoisotopic (exact) mass is 404 g/mol. The second-order valence-electron chi connectivity index (χ2n) is 8.11. The molecule has 8 nitrogen and oxygen atoms in total. The zero-order valence-corrected chi connectivity index (χ0v) is 17.3. The van der Waals surface area contributed by atoms with Crippen molar-refractivity contribution < 1.29 is 5.11 Å². The lowest BCUT2D eigenvalue weighted by atomic mass is 10.1. The third-order valence-electron chi connectivity index (χ3n) is 6.25. The van der Waals surface area contributed by atoms with E-state index < -0.39 is 0 Å². The standard InChI is InChI=1S/C22H24N6O2/c1-12-19-13(11-27(3)26-19)8-16(20(12)29)21-24-10-17-18(25-21)6-7-28(22(17)30)15-5-4-14(9-15)23-2/h6-8,10-11,14-15,23,29H,4-5,9H2,1-3H3/t14-,15+/m0/s1. The van der Waals surface area contributed by atoms with Crippen LogP contribution in [0.3, 0.4) is 0 Å². The van der Waals surface area contributed by atoms with E-state index in [1.807, 2.05) is 50.1 Å². The quantitative estimate of drug-likeness (QED) is 0.545. The normalized spacial score (nSPS) is 19.2. The molecule has 1 fully saturated rings. The van der Waals surface area contributed by atoms with Gasteiger partial charge >= 0.3 is 0 Å². The van der Waals surface area contributed by atoms with Crippen molar-refractivity contribution in [3.05, 3.63) is 46.6 Å². The summed E-state index contributed by atoms with van der Waals surface area (Å²) in [5, 5.41) is 19.8. The first-order chi connectivity index (χ1) is 14.5. The Kier molecular flexibility index (Phi) is 4.32. The molecule has 154 valence electrons. The number of phenolic OH excluding ortho intramolecular Hbond substituents is 1. The van der Waals surface area contributed by atoms with Gasteiger partial charge in [-0.3, -0.25) is 9.48 Å². The fourth-order valence-corrected chi connectivity index (χ4v) is 4.55. The van der Waals surface area contributed by atoms with Crippen molar-refractivity contribution in [2.24, 2.45) is 7.05 Å². The third-order valence-corrected chi connectivity index (χ3v) is 6.25. The van der Waals surface area contributed by atoms with E-state index in [4.69, 9.17) is 0 Å². The van der Waals surface area contributed by atoms with Crippen molar-refractivity contribution in [2.45, 2.75) is 38.3 Å².